The van der Waals surface area contributed by atoms with Gasteiger partial charge in [-0.05, 0) is 73.0 Å². The molecule has 3 aromatic carbocycles. The minimum atomic E-state index is -0.0173. The van der Waals surface area contributed by atoms with Gasteiger partial charge in [0.25, 0.3) is 5.91 Å². The molecule has 0 atom stereocenters. The summed E-state index contributed by atoms with van der Waals surface area (Å²) in [6.45, 7) is 4.63. The average molecular weight is 443 g/mol. The molecule has 5 heteroatoms. The van der Waals surface area contributed by atoms with Crippen molar-refractivity contribution in [3.8, 4) is 5.75 Å². The lowest BCUT2D eigenvalue weighted by Crippen LogP contribution is -2.31. The number of amidine groups is 1. The molecule has 1 saturated heterocycles. The van der Waals surface area contributed by atoms with E-state index in [-0.39, 0.29) is 5.91 Å². The third kappa shape index (κ3) is 5.11. The van der Waals surface area contributed by atoms with E-state index in [1.807, 2.05) is 80.6 Å². The minimum Gasteiger partial charge on any atom is -0.496 e. The number of benzene rings is 3. The number of hydrogen-bond acceptors (Lipinski definition) is 4. The highest BCUT2D eigenvalue weighted by atomic mass is 32.2. The van der Waals surface area contributed by atoms with Crippen molar-refractivity contribution in [2.45, 2.75) is 20.3 Å². The first-order chi connectivity index (χ1) is 15.5. The average Bonchev–Trinajstić information content (AvgIpc) is 3.09. The van der Waals surface area contributed by atoms with Crippen LogP contribution in [0.5, 0.6) is 5.75 Å². The van der Waals surface area contributed by atoms with Crippen LogP contribution >= 0.6 is 11.8 Å². The van der Waals surface area contributed by atoms with Crippen molar-refractivity contribution in [2.24, 2.45) is 4.99 Å². The van der Waals surface area contributed by atoms with Gasteiger partial charge in [-0.3, -0.25) is 9.69 Å². The highest BCUT2D eigenvalue weighted by Gasteiger charge is 2.33. The quantitative estimate of drug-likeness (QED) is 0.430. The SMILES string of the molecule is COc1cc(/C=C2\SC(=Nc3ccc(C)cc3)N(CCc3ccccc3)C2=O)ccc1C. The molecule has 0 unspecified atom stereocenters. The van der Waals surface area contributed by atoms with Gasteiger partial charge in [-0.15, -0.1) is 0 Å². The van der Waals surface area contributed by atoms with Crippen LogP contribution < -0.4 is 4.74 Å². The van der Waals surface area contributed by atoms with Crippen LogP contribution in [0.1, 0.15) is 22.3 Å². The standard InChI is InChI=1S/C27H26N2O2S/c1-19-9-13-23(14-10-19)28-27-29(16-15-21-7-5-4-6-8-21)26(30)25(32-27)18-22-12-11-20(2)24(17-22)31-3/h4-14,17-18H,15-16H2,1-3H3/b25-18-,28-27?. The molecule has 1 fully saturated rings. The van der Waals surface area contributed by atoms with Gasteiger partial charge in [0, 0.05) is 6.54 Å². The molecule has 0 N–H and O–H groups in total. The topological polar surface area (TPSA) is 41.9 Å². The van der Waals surface area contributed by atoms with Gasteiger partial charge in [0.15, 0.2) is 5.17 Å². The van der Waals surface area contributed by atoms with Crippen LogP contribution in [0.25, 0.3) is 6.08 Å². The number of amides is 1. The Hall–Kier alpha value is -3.31. The number of carbonyl (C=O) groups excluding carboxylic acids is 1. The molecule has 1 aliphatic heterocycles. The maximum absolute atomic E-state index is 13.3. The van der Waals surface area contributed by atoms with E-state index in [1.54, 1.807) is 12.0 Å². The highest BCUT2D eigenvalue weighted by molar-refractivity contribution is 8.18. The van der Waals surface area contributed by atoms with E-state index in [0.717, 1.165) is 29.0 Å². The first kappa shape index (κ1) is 21.9. The fourth-order valence-corrected chi connectivity index (χ4v) is 4.51. The van der Waals surface area contributed by atoms with Gasteiger partial charge in [0.2, 0.25) is 0 Å². The number of aryl methyl sites for hydroxylation is 2. The maximum Gasteiger partial charge on any atom is 0.266 e. The zero-order valence-electron chi connectivity index (χ0n) is 18.5. The normalized spacial score (nSPS) is 16.2. The lowest BCUT2D eigenvalue weighted by molar-refractivity contribution is -0.122. The van der Waals surface area contributed by atoms with Crippen molar-refractivity contribution in [3.63, 3.8) is 0 Å². The Bertz CT molecular complexity index is 1170. The number of nitrogens with zero attached hydrogens (tertiary/aromatic N) is 2. The number of thioether (sulfide) groups is 1. The number of methoxy groups -OCH3 is 1. The van der Waals surface area contributed by atoms with Crippen LogP contribution in [0.3, 0.4) is 0 Å². The molecule has 4 nitrogen and oxygen atoms in total. The monoisotopic (exact) mass is 442 g/mol. The van der Waals surface area contributed by atoms with Crippen molar-refractivity contribution in [2.75, 3.05) is 13.7 Å². The second-order valence-corrected chi connectivity index (χ2v) is 8.77. The zero-order chi connectivity index (χ0) is 22.5. The van der Waals surface area contributed by atoms with Crippen LogP contribution in [0.15, 0.2) is 82.7 Å². The van der Waals surface area contributed by atoms with Gasteiger partial charge < -0.3 is 4.74 Å². The smallest absolute Gasteiger partial charge is 0.266 e. The Labute approximate surface area is 193 Å². The van der Waals surface area contributed by atoms with Gasteiger partial charge in [-0.2, -0.15) is 0 Å². The predicted molar refractivity (Wildman–Crippen MR) is 133 cm³/mol. The molecule has 0 spiro atoms. The summed E-state index contributed by atoms with van der Waals surface area (Å²) in [7, 11) is 1.66. The highest BCUT2D eigenvalue weighted by Crippen LogP contribution is 2.35. The van der Waals surface area contributed by atoms with Crippen LogP contribution in [0.2, 0.25) is 0 Å². The molecule has 1 aliphatic rings. The summed E-state index contributed by atoms with van der Waals surface area (Å²) in [5.41, 5.74) is 5.21. The summed E-state index contributed by atoms with van der Waals surface area (Å²) in [6, 6.07) is 24.2. The Kier molecular flexibility index (Phi) is 6.76. The van der Waals surface area contributed by atoms with E-state index >= 15 is 0 Å². The molecule has 4 rings (SSSR count). The molecule has 0 bridgehead atoms. The summed E-state index contributed by atoms with van der Waals surface area (Å²) in [5.74, 6) is 0.792. The molecule has 32 heavy (non-hydrogen) atoms. The van der Waals surface area contributed by atoms with Gasteiger partial charge in [0.05, 0.1) is 17.7 Å². The van der Waals surface area contributed by atoms with Crippen LogP contribution in [-0.4, -0.2) is 29.6 Å². The molecular formula is C27H26N2O2S. The fraction of sp³-hybridized carbons (Fsp3) is 0.185. The largest absolute Gasteiger partial charge is 0.496 e. The molecule has 0 radical (unpaired) electrons. The van der Waals surface area contributed by atoms with E-state index in [2.05, 4.69) is 12.1 Å². The number of carbonyl (C=O) groups is 1. The first-order valence-electron chi connectivity index (χ1n) is 10.6. The summed E-state index contributed by atoms with van der Waals surface area (Å²) < 4.78 is 5.44. The molecule has 3 aromatic rings. The minimum absolute atomic E-state index is 0.0173. The van der Waals surface area contributed by atoms with E-state index in [4.69, 9.17) is 9.73 Å². The van der Waals surface area contributed by atoms with E-state index in [1.165, 1.54) is 22.9 Å². The molecule has 0 aliphatic carbocycles. The van der Waals surface area contributed by atoms with Crippen LogP contribution in [-0.2, 0) is 11.2 Å². The molecule has 0 saturated carbocycles. The van der Waals surface area contributed by atoms with Crippen molar-refractivity contribution >= 4 is 34.6 Å². The van der Waals surface area contributed by atoms with Crippen molar-refractivity contribution in [1.29, 1.82) is 0 Å². The summed E-state index contributed by atoms with van der Waals surface area (Å²) in [5, 5.41) is 0.708. The molecule has 1 amide bonds. The summed E-state index contributed by atoms with van der Waals surface area (Å²) >= 11 is 1.42. The van der Waals surface area contributed by atoms with Crippen LogP contribution in [0.4, 0.5) is 5.69 Å². The van der Waals surface area contributed by atoms with Gasteiger partial charge in [0.1, 0.15) is 5.75 Å². The number of hydrogen-bond donors (Lipinski definition) is 0. The van der Waals surface area contributed by atoms with E-state index < -0.39 is 0 Å². The second kappa shape index (κ2) is 9.88. The van der Waals surface area contributed by atoms with Gasteiger partial charge >= 0.3 is 0 Å². The Morgan fingerprint density at radius 1 is 1.00 bits per heavy atom. The Morgan fingerprint density at radius 2 is 1.75 bits per heavy atom. The van der Waals surface area contributed by atoms with E-state index in [0.29, 0.717) is 16.6 Å². The van der Waals surface area contributed by atoms with Crippen molar-refractivity contribution < 1.29 is 9.53 Å². The number of ether oxygens (including phenoxy) is 1. The summed E-state index contributed by atoms with van der Waals surface area (Å²) in [6.07, 6.45) is 2.69. The Balaban J connectivity index is 1.64. The van der Waals surface area contributed by atoms with Crippen molar-refractivity contribution in [3.05, 3.63) is 100.0 Å². The lowest BCUT2D eigenvalue weighted by Gasteiger charge is -2.15. The molecule has 1 heterocycles. The molecule has 162 valence electrons. The maximum atomic E-state index is 13.3. The fourth-order valence-electron chi connectivity index (χ4n) is 3.48. The zero-order valence-corrected chi connectivity index (χ0v) is 19.4. The first-order valence-corrected chi connectivity index (χ1v) is 11.4. The van der Waals surface area contributed by atoms with E-state index in [9.17, 15) is 4.79 Å². The summed E-state index contributed by atoms with van der Waals surface area (Å²) in [4.78, 5) is 20.6. The second-order valence-electron chi connectivity index (χ2n) is 7.76. The predicted octanol–water partition coefficient (Wildman–Crippen LogP) is 6.16. The number of aliphatic imine (C=N–C) groups is 1. The number of rotatable bonds is 6. The van der Waals surface area contributed by atoms with Gasteiger partial charge in [-0.1, -0.05) is 60.2 Å². The van der Waals surface area contributed by atoms with Gasteiger partial charge in [-0.25, -0.2) is 4.99 Å². The molecular weight excluding hydrogens is 416 g/mol. The van der Waals surface area contributed by atoms with Crippen molar-refractivity contribution in [1.82, 2.24) is 4.90 Å². The molecule has 0 aromatic heterocycles. The Morgan fingerprint density at radius 3 is 2.47 bits per heavy atom. The third-order valence-corrected chi connectivity index (χ3v) is 6.35. The third-order valence-electron chi connectivity index (χ3n) is 5.34. The lowest BCUT2D eigenvalue weighted by atomic mass is 10.1. The van der Waals surface area contributed by atoms with Crippen LogP contribution in [0, 0.1) is 13.8 Å².